The standard InChI is InChI=1S/C16H18N2O2/c1-20-14-7-3-2-5-12(14)16(8-9-16)11-18-15(19)13-6-4-10-17-13/h2-7,10,17H,8-9,11H2,1H3,(H,18,19). The second-order valence-corrected chi connectivity index (χ2v) is 5.25. The van der Waals surface area contributed by atoms with Crippen LogP contribution in [0, 0.1) is 0 Å². The van der Waals surface area contributed by atoms with Crippen molar-refractivity contribution in [2.45, 2.75) is 18.3 Å². The lowest BCUT2D eigenvalue weighted by Gasteiger charge is -2.19. The molecule has 0 spiro atoms. The highest BCUT2D eigenvalue weighted by Crippen LogP contribution is 2.50. The molecule has 0 unspecified atom stereocenters. The Labute approximate surface area is 118 Å². The summed E-state index contributed by atoms with van der Waals surface area (Å²) < 4.78 is 5.43. The number of rotatable bonds is 5. The van der Waals surface area contributed by atoms with Gasteiger partial charge >= 0.3 is 0 Å². The molecule has 1 aliphatic carbocycles. The molecule has 1 saturated carbocycles. The van der Waals surface area contributed by atoms with E-state index in [1.807, 2.05) is 24.3 Å². The van der Waals surface area contributed by atoms with Gasteiger partial charge in [-0.05, 0) is 31.0 Å². The molecule has 1 aromatic heterocycles. The Kier molecular flexibility index (Phi) is 3.22. The summed E-state index contributed by atoms with van der Waals surface area (Å²) in [6.45, 7) is 0.644. The lowest BCUT2D eigenvalue weighted by atomic mass is 9.95. The number of methoxy groups -OCH3 is 1. The highest BCUT2D eigenvalue weighted by atomic mass is 16.5. The summed E-state index contributed by atoms with van der Waals surface area (Å²) >= 11 is 0. The van der Waals surface area contributed by atoms with E-state index >= 15 is 0 Å². The third-order valence-electron chi connectivity index (χ3n) is 3.96. The normalized spacial score (nSPS) is 15.7. The first kappa shape index (κ1) is 12.8. The van der Waals surface area contributed by atoms with Crippen molar-refractivity contribution in [1.82, 2.24) is 10.3 Å². The maximum atomic E-state index is 12.0. The van der Waals surface area contributed by atoms with Crippen LogP contribution in [0.2, 0.25) is 0 Å². The molecule has 0 radical (unpaired) electrons. The van der Waals surface area contributed by atoms with Crippen LogP contribution >= 0.6 is 0 Å². The maximum Gasteiger partial charge on any atom is 0.267 e. The van der Waals surface area contributed by atoms with Gasteiger partial charge in [0.05, 0.1) is 7.11 Å². The number of amides is 1. The van der Waals surface area contributed by atoms with Crippen LogP contribution in [0.25, 0.3) is 0 Å². The highest BCUT2D eigenvalue weighted by molar-refractivity contribution is 5.92. The molecule has 1 fully saturated rings. The smallest absolute Gasteiger partial charge is 0.267 e. The van der Waals surface area contributed by atoms with Gasteiger partial charge < -0.3 is 15.0 Å². The number of carbonyl (C=O) groups is 1. The van der Waals surface area contributed by atoms with Crippen LogP contribution in [0.5, 0.6) is 5.75 Å². The van der Waals surface area contributed by atoms with E-state index in [0.29, 0.717) is 12.2 Å². The van der Waals surface area contributed by atoms with Gasteiger partial charge in [0.2, 0.25) is 0 Å². The van der Waals surface area contributed by atoms with E-state index in [1.165, 1.54) is 5.56 Å². The van der Waals surface area contributed by atoms with Crippen molar-refractivity contribution >= 4 is 5.91 Å². The Bertz CT molecular complexity index is 601. The van der Waals surface area contributed by atoms with Gasteiger partial charge in [0.25, 0.3) is 5.91 Å². The van der Waals surface area contributed by atoms with Crippen molar-refractivity contribution in [3.05, 3.63) is 53.9 Å². The number of para-hydroxylation sites is 1. The summed E-state index contributed by atoms with van der Waals surface area (Å²) in [4.78, 5) is 14.9. The molecule has 1 heterocycles. The van der Waals surface area contributed by atoms with E-state index in [9.17, 15) is 4.79 Å². The number of ether oxygens (including phenoxy) is 1. The van der Waals surface area contributed by atoms with E-state index in [-0.39, 0.29) is 11.3 Å². The molecule has 0 atom stereocenters. The highest BCUT2D eigenvalue weighted by Gasteiger charge is 2.46. The van der Waals surface area contributed by atoms with Crippen molar-refractivity contribution in [3.63, 3.8) is 0 Å². The number of nitrogens with one attached hydrogen (secondary N) is 2. The molecule has 1 aliphatic rings. The zero-order valence-corrected chi connectivity index (χ0v) is 11.5. The van der Waals surface area contributed by atoms with Crippen molar-refractivity contribution in [2.24, 2.45) is 0 Å². The van der Waals surface area contributed by atoms with Gasteiger partial charge in [-0.25, -0.2) is 0 Å². The van der Waals surface area contributed by atoms with Gasteiger partial charge in [-0.1, -0.05) is 18.2 Å². The summed E-state index contributed by atoms with van der Waals surface area (Å²) in [5.74, 6) is 0.843. The summed E-state index contributed by atoms with van der Waals surface area (Å²) in [6.07, 6.45) is 3.92. The minimum Gasteiger partial charge on any atom is -0.496 e. The molecule has 0 bridgehead atoms. The quantitative estimate of drug-likeness (QED) is 0.877. The Hall–Kier alpha value is -2.23. The molecule has 1 aromatic carbocycles. The molecule has 2 aromatic rings. The SMILES string of the molecule is COc1ccccc1C1(CNC(=O)c2ccc[nH]2)CC1. The van der Waals surface area contributed by atoms with Gasteiger partial charge in [-0.15, -0.1) is 0 Å². The van der Waals surface area contributed by atoms with Crippen LogP contribution in [-0.2, 0) is 5.41 Å². The lowest BCUT2D eigenvalue weighted by Crippen LogP contribution is -2.32. The predicted octanol–water partition coefficient (Wildman–Crippen LogP) is 2.48. The summed E-state index contributed by atoms with van der Waals surface area (Å²) in [7, 11) is 1.69. The molecule has 4 nitrogen and oxygen atoms in total. The zero-order valence-electron chi connectivity index (χ0n) is 11.5. The van der Waals surface area contributed by atoms with Gasteiger partial charge in [-0.2, -0.15) is 0 Å². The van der Waals surface area contributed by atoms with Crippen LogP contribution in [0.1, 0.15) is 28.9 Å². The molecule has 0 aliphatic heterocycles. The Morgan fingerprint density at radius 1 is 1.30 bits per heavy atom. The number of hydrogen-bond donors (Lipinski definition) is 2. The van der Waals surface area contributed by atoms with Crippen molar-refractivity contribution in [2.75, 3.05) is 13.7 Å². The first-order valence-electron chi connectivity index (χ1n) is 6.80. The second kappa shape index (κ2) is 5.04. The van der Waals surface area contributed by atoms with Gasteiger partial charge in [0.15, 0.2) is 0 Å². The van der Waals surface area contributed by atoms with E-state index in [0.717, 1.165) is 18.6 Å². The van der Waals surface area contributed by atoms with Gasteiger partial charge in [-0.3, -0.25) is 4.79 Å². The number of hydrogen-bond acceptors (Lipinski definition) is 2. The van der Waals surface area contributed by atoms with Gasteiger partial charge in [0.1, 0.15) is 11.4 Å². The molecule has 20 heavy (non-hydrogen) atoms. The third kappa shape index (κ3) is 2.29. The molecular weight excluding hydrogens is 252 g/mol. The van der Waals surface area contributed by atoms with Crippen LogP contribution in [0.15, 0.2) is 42.6 Å². The zero-order chi connectivity index (χ0) is 14.0. The molecular formula is C16H18N2O2. The average Bonchev–Trinajstić information content (AvgIpc) is 3.07. The second-order valence-electron chi connectivity index (χ2n) is 5.25. The Morgan fingerprint density at radius 2 is 2.10 bits per heavy atom. The van der Waals surface area contributed by atoms with E-state index in [2.05, 4.69) is 16.4 Å². The molecule has 104 valence electrons. The van der Waals surface area contributed by atoms with Crippen LogP contribution < -0.4 is 10.1 Å². The van der Waals surface area contributed by atoms with Gasteiger partial charge in [0, 0.05) is 23.7 Å². The number of benzene rings is 1. The molecule has 1 amide bonds. The average molecular weight is 270 g/mol. The minimum absolute atomic E-state index is 0.0366. The summed E-state index contributed by atoms with van der Waals surface area (Å²) in [5.41, 5.74) is 1.82. The number of aromatic amines is 1. The monoisotopic (exact) mass is 270 g/mol. The number of carbonyl (C=O) groups excluding carboxylic acids is 1. The fraction of sp³-hybridized carbons (Fsp3) is 0.312. The van der Waals surface area contributed by atoms with E-state index in [1.54, 1.807) is 19.4 Å². The van der Waals surface area contributed by atoms with Crippen molar-refractivity contribution in [3.8, 4) is 5.75 Å². The largest absolute Gasteiger partial charge is 0.496 e. The minimum atomic E-state index is -0.0591. The molecule has 4 heteroatoms. The summed E-state index contributed by atoms with van der Waals surface area (Å²) in [5, 5.41) is 3.01. The van der Waals surface area contributed by atoms with E-state index < -0.39 is 0 Å². The first-order valence-corrected chi connectivity index (χ1v) is 6.80. The van der Waals surface area contributed by atoms with E-state index in [4.69, 9.17) is 4.74 Å². The van der Waals surface area contributed by atoms with Crippen LogP contribution in [0.3, 0.4) is 0 Å². The maximum absolute atomic E-state index is 12.0. The molecule has 2 N–H and O–H groups in total. The lowest BCUT2D eigenvalue weighted by molar-refractivity contribution is 0.0945. The Balaban J connectivity index is 1.72. The fourth-order valence-electron chi connectivity index (χ4n) is 2.59. The molecule has 3 rings (SSSR count). The number of H-pyrrole nitrogens is 1. The first-order chi connectivity index (χ1) is 9.75. The van der Waals surface area contributed by atoms with Crippen molar-refractivity contribution in [1.29, 1.82) is 0 Å². The molecule has 0 saturated heterocycles. The topological polar surface area (TPSA) is 54.1 Å². The van der Waals surface area contributed by atoms with Crippen LogP contribution in [-0.4, -0.2) is 24.5 Å². The summed E-state index contributed by atoms with van der Waals surface area (Å²) in [6, 6.07) is 11.6. The fourth-order valence-corrected chi connectivity index (χ4v) is 2.59. The Morgan fingerprint density at radius 3 is 2.75 bits per heavy atom. The van der Waals surface area contributed by atoms with Crippen LogP contribution in [0.4, 0.5) is 0 Å². The third-order valence-corrected chi connectivity index (χ3v) is 3.96. The number of aromatic nitrogens is 1. The van der Waals surface area contributed by atoms with Crippen molar-refractivity contribution < 1.29 is 9.53 Å². The predicted molar refractivity (Wildman–Crippen MR) is 77.0 cm³/mol.